The minimum absolute atomic E-state index is 0.103. The Morgan fingerprint density at radius 2 is 1.94 bits per heavy atom. The van der Waals surface area contributed by atoms with Crippen molar-refractivity contribution in [2.24, 2.45) is 0 Å². The van der Waals surface area contributed by atoms with Crippen LogP contribution in [0.25, 0.3) is 0 Å². The molecule has 0 saturated heterocycles. The predicted molar refractivity (Wildman–Crippen MR) is 74.3 cm³/mol. The average molecular weight is 313 g/mol. The van der Waals surface area contributed by atoms with E-state index < -0.39 is 0 Å². The Balaban J connectivity index is 3.01. The molecule has 0 aliphatic heterocycles. The smallest absolute Gasteiger partial charge is 0.338 e. The zero-order chi connectivity index (χ0) is 13.5. The Bertz CT molecular complexity index is 441. The second-order valence-electron chi connectivity index (χ2n) is 3.91. The van der Waals surface area contributed by atoms with Gasteiger partial charge in [-0.25, -0.2) is 4.79 Å². The van der Waals surface area contributed by atoms with Gasteiger partial charge in [0.2, 0.25) is 0 Å². The van der Waals surface area contributed by atoms with Crippen molar-refractivity contribution in [3.63, 3.8) is 0 Å². The number of carbonyl (C=O) groups is 2. The highest BCUT2D eigenvalue weighted by atomic mass is 79.9. The van der Waals surface area contributed by atoms with E-state index in [1.807, 2.05) is 13.0 Å². The largest absolute Gasteiger partial charge is 0.462 e. The van der Waals surface area contributed by atoms with E-state index in [0.29, 0.717) is 23.9 Å². The fourth-order valence-corrected chi connectivity index (χ4v) is 1.93. The number of esters is 1. The van der Waals surface area contributed by atoms with E-state index in [1.54, 1.807) is 19.1 Å². The first-order chi connectivity index (χ1) is 8.62. The van der Waals surface area contributed by atoms with Crippen LogP contribution < -0.4 is 0 Å². The van der Waals surface area contributed by atoms with E-state index in [-0.39, 0.29) is 11.8 Å². The van der Waals surface area contributed by atoms with E-state index in [9.17, 15) is 9.59 Å². The Labute approximate surface area is 116 Å². The molecular formula is C14H17BrO3. The second-order valence-corrected chi connectivity index (χ2v) is 4.47. The van der Waals surface area contributed by atoms with Crippen LogP contribution in [0.15, 0.2) is 18.2 Å². The molecule has 0 saturated carbocycles. The predicted octanol–water partition coefficient (Wildman–Crippen LogP) is 2.93. The number of alkyl halides is 1. The number of ketones is 1. The van der Waals surface area contributed by atoms with Crippen LogP contribution in [0.1, 0.15) is 35.3 Å². The molecule has 1 aromatic carbocycles. The standard InChI is InChI=1S/C14H17BrO3/c1-3-10-5-6-11(14(17)18-4-2)7-12(10)8-13(16)9-15/h5-7H,3-4,8-9H2,1-2H3. The summed E-state index contributed by atoms with van der Waals surface area (Å²) >= 11 is 3.15. The fraction of sp³-hybridized carbons (Fsp3) is 0.429. The quantitative estimate of drug-likeness (QED) is 0.599. The molecule has 1 rings (SSSR count). The number of halogens is 1. The molecule has 1 aromatic rings. The molecule has 0 unspecified atom stereocenters. The number of carbonyl (C=O) groups excluding carboxylic acids is 2. The number of benzene rings is 1. The highest BCUT2D eigenvalue weighted by molar-refractivity contribution is 9.09. The molecule has 0 spiro atoms. The molecule has 18 heavy (non-hydrogen) atoms. The van der Waals surface area contributed by atoms with Crippen LogP contribution in [-0.4, -0.2) is 23.7 Å². The molecule has 0 aliphatic carbocycles. The number of rotatable bonds is 6. The Kier molecular flexibility index (Phi) is 6.05. The SMILES string of the molecule is CCOC(=O)c1ccc(CC)c(CC(=O)CBr)c1. The lowest BCUT2D eigenvalue weighted by molar-refractivity contribution is -0.115. The molecule has 0 amide bonds. The maximum Gasteiger partial charge on any atom is 0.338 e. The molecule has 0 radical (unpaired) electrons. The summed E-state index contributed by atoms with van der Waals surface area (Å²) in [6, 6.07) is 5.40. The molecule has 0 atom stereocenters. The van der Waals surface area contributed by atoms with Gasteiger partial charge in [0.1, 0.15) is 5.78 Å². The molecular weight excluding hydrogens is 296 g/mol. The molecule has 0 aliphatic rings. The van der Waals surface area contributed by atoms with Crippen LogP contribution in [0.4, 0.5) is 0 Å². The van der Waals surface area contributed by atoms with Crippen molar-refractivity contribution in [3.8, 4) is 0 Å². The van der Waals surface area contributed by atoms with E-state index in [1.165, 1.54) is 0 Å². The van der Waals surface area contributed by atoms with E-state index >= 15 is 0 Å². The maximum absolute atomic E-state index is 11.6. The zero-order valence-corrected chi connectivity index (χ0v) is 12.2. The monoisotopic (exact) mass is 312 g/mol. The van der Waals surface area contributed by atoms with Gasteiger partial charge in [-0.1, -0.05) is 28.9 Å². The lowest BCUT2D eigenvalue weighted by atomic mass is 9.98. The van der Waals surface area contributed by atoms with Crippen molar-refractivity contribution in [1.82, 2.24) is 0 Å². The summed E-state index contributed by atoms with van der Waals surface area (Å²) in [5.41, 5.74) is 2.51. The Morgan fingerprint density at radius 1 is 1.22 bits per heavy atom. The summed E-state index contributed by atoms with van der Waals surface area (Å²) in [5.74, 6) is -0.238. The van der Waals surface area contributed by atoms with Gasteiger partial charge < -0.3 is 4.74 Å². The van der Waals surface area contributed by atoms with Gasteiger partial charge in [-0.3, -0.25) is 4.79 Å². The molecule has 0 N–H and O–H groups in total. The second kappa shape index (κ2) is 7.31. The Hall–Kier alpha value is -1.16. The van der Waals surface area contributed by atoms with Crippen molar-refractivity contribution >= 4 is 27.7 Å². The van der Waals surface area contributed by atoms with Gasteiger partial charge in [-0.05, 0) is 36.6 Å². The van der Waals surface area contributed by atoms with Gasteiger partial charge in [0, 0.05) is 6.42 Å². The van der Waals surface area contributed by atoms with Crippen LogP contribution in [-0.2, 0) is 22.4 Å². The van der Waals surface area contributed by atoms with Crippen molar-refractivity contribution in [2.75, 3.05) is 11.9 Å². The summed E-state index contributed by atoms with van der Waals surface area (Å²) in [5, 5.41) is 0.333. The third-order valence-corrected chi connectivity index (χ3v) is 3.26. The molecule has 0 fully saturated rings. The van der Waals surface area contributed by atoms with E-state index in [0.717, 1.165) is 17.5 Å². The number of ether oxygens (including phenoxy) is 1. The van der Waals surface area contributed by atoms with Crippen molar-refractivity contribution in [2.45, 2.75) is 26.7 Å². The summed E-state index contributed by atoms with van der Waals surface area (Å²) in [6.07, 6.45) is 1.19. The van der Waals surface area contributed by atoms with Crippen molar-refractivity contribution in [1.29, 1.82) is 0 Å². The minimum atomic E-state index is -0.340. The molecule has 4 heteroatoms. The average Bonchev–Trinajstić information content (AvgIpc) is 2.38. The number of Topliss-reactive ketones (excluding diaryl/α,β-unsaturated/α-hetero) is 1. The topological polar surface area (TPSA) is 43.4 Å². The summed E-state index contributed by atoms with van der Waals surface area (Å²) in [6.45, 7) is 4.15. The highest BCUT2D eigenvalue weighted by Gasteiger charge is 2.12. The zero-order valence-electron chi connectivity index (χ0n) is 10.7. The van der Waals surface area contributed by atoms with Gasteiger partial charge in [0.15, 0.2) is 0 Å². The third kappa shape index (κ3) is 3.95. The van der Waals surface area contributed by atoms with E-state index in [4.69, 9.17) is 4.74 Å². The summed E-state index contributed by atoms with van der Waals surface area (Å²) in [7, 11) is 0. The molecule has 98 valence electrons. The molecule has 0 aromatic heterocycles. The van der Waals surface area contributed by atoms with Crippen molar-refractivity contribution < 1.29 is 14.3 Å². The molecule has 0 heterocycles. The van der Waals surface area contributed by atoms with Crippen LogP contribution >= 0.6 is 15.9 Å². The first-order valence-corrected chi connectivity index (χ1v) is 7.11. The van der Waals surface area contributed by atoms with Crippen LogP contribution in [0, 0.1) is 0 Å². The van der Waals surface area contributed by atoms with Crippen LogP contribution in [0.5, 0.6) is 0 Å². The first kappa shape index (κ1) is 14.9. The molecule has 3 nitrogen and oxygen atoms in total. The Morgan fingerprint density at radius 3 is 2.50 bits per heavy atom. The van der Waals surface area contributed by atoms with Crippen molar-refractivity contribution in [3.05, 3.63) is 34.9 Å². The lowest BCUT2D eigenvalue weighted by Gasteiger charge is -2.09. The van der Waals surface area contributed by atoms with Crippen LogP contribution in [0.3, 0.4) is 0 Å². The number of hydrogen-bond acceptors (Lipinski definition) is 3. The van der Waals surface area contributed by atoms with Gasteiger partial charge in [0.25, 0.3) is 0 Å². The lowest BCUT2D eigenvalue weighted by Crippen LogP contribution is -2.09. The van der Waals surface area contributed by atoms with Gasteiger partial charge in [0.05, 0.1) is 17.5 Å². The minimum Gasteiger partial charge on any atom is -0.462 e. The summed E-state index contributed by atoms with van der Waals surface area (Å²) < 4.78 is 4.95. The number of aryl methyl sites for hydroxylation is 1. The highest BCUT2D eigenvalue weighted by Crippen LogP contribution is 2.15. The fourth-order valence-electron chi connectivity index (χ4n) is 1.74. The number of hydrogen-bond donors (Lipinski definition) is 0. The van der Waals surface area contributed by atoms with Crippen LogP contribution in [0.2, 0.25) is 0 Å². The van der Waals surface area contributed by atoms with Gasteiger partial charge in [-0.15, -0.1) is 0 Å². The van der Waals surface area contributed by atoms with Gasteiger partial charge in [-0.2, -0.15) is 0 Å². The third-order valence-electron chi connectivity index (χ3n) is 2.63. The summed E-state index contributed by atoms with van der Waals surface area (Å²) in [4.78, 5) is 23.1. The first-order valence-electron chi connectivity index (χ1n) is 5.98. The van der Waals surface area contributed by atoms with Gasteiger partial charge >= 0.3 is 5.97 Å². The van der Waals surface area contributed by atoms with E-state index in [2.05, 4.69) is 15.9 Å². The maximum atomic E-state index is 11.6. The normalized spacial score (nSPS) is 10.2. The molecule has 0 bridgehead atoms.